The first-order valence-corrected chi connectivity index (χ1v) is 12.2. The minimum Gasteiger partial charge on any atom is -0.442 e. The molecule has 3 fully saturated rings. The molecule has 1 aromatic rings. The van der Waals surface area contributed by atoms with Gasteiger partial charge in [0.25, 0.3) is 0 Å². The van der Waals surface area contributed by atoms with Crippen molar-refractivity contribution in [3.05, 3.63) is 24.0 Å². The van der Waals surface area contributed by atoms with Gasteiger partial charge in [-0.2, -0.15) is 11.8 Å². The van der Waals surface area contributed by atoms with Gasteiger partial charge < -0.3 is 19.9 Å². The fourth-order valence-corrected chi connectivity index (χ4v) is 5.50. The SMILES string of the molecule is CCSCCN1CC2CN(c3ccc(N4CC(CNC(C)=O)OC4=O)cc3F)CC2C1. The van der Waals surface area contributed by atoms with Gasteiger partial charge >= 0.3 is 6.09 Å². The number of likely N-dealkylation sites (tertiary alicyclic amines) is 1. The van der Waals surface area contributed by atoms with Crippen LogP contribution in [0.25, 0.3) is 0 Å². The van der Waals surface area contributed by atoms with Gasteiger partial charge in [0.1, 0.15) is 11.9 Å². The predicted molar refractivity (Wildman–Crippen MR) is 121 cm³/mol. The number of fused-ring (bicyclic) bond motifs is 1. The van der Waals surface area contributed by atoms with E-state index in [2.05, 4.69) is 22.0 Å². The highest BCUT2D eigenvalue weighted by atomic mass is 32.2. The molecule has 0 radical (unpaired) electrons. The van der Waals surface area contributed by atoms with Gasteiger partial charge in [0.15, 0.2) is 0 Å². The molecule has 3 saturated heterocycles. The van der Waals surface area contributed by atoms with E-state index >= 15 is 4.39 Å². The lowest BCUT2D eigenvalue weighted by molar-refractivity contribution is -0.119. The van der Waals surface area contributed by atoms with E-state index in [1.54, 1.807) is 12.1 Å². The zero-order valence-corrected chi connectivity index (χ0v) is 19.0. The minimum atomic E-state index is -0.514. The van der Waals surface area contributed by atoms with Crippen LogP contribution in [0.2, 0.25) is 0 Å². The first kappa shape index (κ1) is 22.2. The predicted octanol–water partition coefficient (Wildman–Crippen LogP) is 2.41. The lowest BCUT2D eigenvalue weighted by Crippen LogP contribution is -2.33. The second-order valence-corrected chi connectivity index (χ2v) is 9.96. The molecule has 1 N–H and O–H groups in total. The number of rotatable bonds is 8. The Labute approximate surface area is 187 Å². The summed E-state index contributed by atoms with van der Waals surface area (Å²) in [6.07, 6.45) is -0.949. The van der Waals surface area contributed by atoms with Crippen LogP contribution in [0.15, 0.2) is 18.2 Å². The number of benzene rings is 1. The first-order valence-electron chi connectivity index (χ1n) is 11.0. The highest BCUT2D eigenvalue weighted by molar-refractivity contribution is 7.99. The first-order chi connectivity index (χ1) is 14.9. The van der Waals surface area contributed by atoms with Crippen molar-refractivity contribution in [1.82, 2.24) is 10.2 Å². The zero-order valence-electron chi connectivity index (χ0n) is 18.2. The van der Waals surface area contributed by atoms with Crippen LogP contribution in [0.1, 0.15) is 13.8 Å². The van der Waals surface area contributed by atoms with Crippen LogP contribution >= 0.6 is 11.8 Å². The number of thioether (sulfide) groups is 1. The number of nitrogens with zero attached hydrogens (tertiary/aromatic N) is 3. The standard InChI is InChI=1S/C22H31FN4O3S/c1-3-31-7-6-25-10-16-12-26(13-17(16)11-25)21-5-4-18(8-20(21)23)27-14-19(30-22(27)29)9-24-15(2)28/h4-5,8,16-17,19H,3,6-7,9-14H2,1-2H3,(H,24,28). The van der Waals surface area contributed by atoms with Crippen LogP contribution in [0, 0.1) is 17.7 Å². The second kappa shape index (κ2) is 9.65. The van der Waals surface area contributed by atoms with E-state index in [0.29, 0.717) is 23.2 Å². The number of carbonyl (C=O) groups is 2. The van der Waals surface area contributed by atoms with Crippen LogP contribution < -0.4 is 15.1 Å². The van der Waals surface area contributed by atoms with E-state index in [-0.39, 0.29) is 24.8 Å². The van der Waals surface area contributed by atoms with Gasteiger partial charge in [0.2, 0.25) is 5.91 Å². The fourth-order valence-electron chi connectivity index (χ4n) is 4.82. The third kappa shape index (κ3) is 5.09. The average molecular weight is 451 g/mol. The zero-order chi connectivity index (χ0) is 22.0. The number of halogens is 1. The Morgan fingerprint density at radius 1 is 1.23 bits per heavy atom. The molecule has 0 aromatic heterocycles. The number of nitrogens with one attached hydrogen (secondary N) is 1. The van der Waals surface area contributed by atoms with Gasteiger partial charge in [-0.15, -0.1) is 0 Å². The summed E-state index contributed by atoms with van der Waals surface area (Å²) >= 11 is 1.98. The Bertz CT molecular complexity index is 812. The Morgan fingerprint density at radius 2 is 1.97 bits per heavy atom. The molecule has 170 valence electrons. The van der Waals surface area contributed by atoms with Crippen LogP contribution in [-0.4, -0.2) is 80.3 Å². The van der Waals surface area contributed by atoms with E-state index in [1.165, 1.54) is 23.6 Å². The van der Waals surface area contributed by atoms with Crippen molar-refractivity contribution in [2.75, 3.05) is 67.1 Å². The molecule has 3 atom stereocenters. The van der Waals surface area contributed by atoms with E-state index in [0.717, 1.165) is 38.5 Å². The van der Waals surface area contributed by atoms with Gasteiger partial charge in [-0.25, -0.2) is 9.18 Å². The van der Waals surface area contributed by atoms with Crippen molar-refractivity contribution in [2.24, 2.45) is 11.8 Å². The molecule has 3 unspecified atom stereocenters. The topological polar surface area (TPSA) is 65.1 Å². The largest absolute Gasteiger partial charge is 0.442 e. The van der Waals surface area contributed by atoms with Crippen molar-refractivity contribution in [2.45, 2.75) is 20.0 Å². The Hall–Kier alpha value is -2.00. The van der Waals surface area contributed by atoms with E-state index in [1.807, 2.05) is 11.8 Å². The highest BCUT2D eigenvalue weighted by Crippen LogP contribution is 2.36. The summed E-state index contributed by atoms with van der Waals surface area (Å²) < 4.78 is 20.3. The molecule has 4 rings (SSSR count). The number of carbonyl (C=O) groups excluding carboxylic acids is 2. The van der Waals surface area contributed by atoms with Gasteiger partial charge in [-0.1, -0.05) is 6.92 Å². The van der Waals surface area contributed by atoms with Crippen LogP contribution in [0.4, 0.5) is 20.6 Å². The molecule has 0 saturated carbocycles. The number of hydrogen-bond acceptors (Lipinski definition) is 6. The molecule has 3 heterocycles. The molecule has 7 nitrogen and oxygen atoms in total. The third-order valence-electron chi connectivity index (χ3n) is 6.35. The summed E-state index contributed by atoms with van der Waals surface area (Å²) in [5, 5.41) is 2.65. The molecule has 1 aromatic carbocycles. The van der Waals surface area contributed by atoms with Gasteiger partial charge in [0, 0.05) is 45.4 Å². The molecular formula is C22H31FN4O3S. The van der Waals surface area contributed by atoms with Crippen molar-refractivity contribution < 1.29 is 18.7 Å². The minimum absolute atomic E-state index is 0.178. The molecule has 3 aliphatic heterocycles. The maximum absolute atomic E-state index is 15.0. The maximum atomic E-state index is 15.0. The summed E-state index contributed by atoms with van der Waals surface area (Å²) in [6.45, 7) is 9.24. The molecular weight excluding hydrogens is 419 g/mol. The van der Waals surface area contributed by atoms with Crippen molar-refractivity contribution in [1.29, 1.82) is 0 Å². The van der Waals surface area contributed by atoms with E-state index in [4.69, 9.17) is 4.74 Å². The number of ether oxygens (including phenoxy) is 1. The molecule has 0 bridgehead atoms. The summed E-state index contributed by atoms with van der Waals surface area (Å²) in [4.78, 5) is 29.4. The van der Waals surface area contributed by atoms with Gasteiger partial charge in [0.05, 0.1) is 24.5 Å². The molecule has 9 heteroatoms. The molecule has 31 heavy (non-hydrogen) atoms. The Morgan fingerprint density at radius 3 is 2.61 bits per heavy atom. The summed E-state index contributed by atoms with van der Waals surface area (Å²) in [5.41, 5.74) is 1.09. The van der Waals surface area contributed by atoms with Crippen molar-refractivity contribution >= 4 is 35.1 Å². The average Bonchev–Trinajstić information content (AvgIpc) is 3.39. The summed E-state index contributed by atoms with van der Waals surface area (Å²) in [7, 11) is 0. The van der Waals surface area contributed by atoms with Crippen molar-refractivity contribution in [3.8, 4) is 0 Å². The Balaban J connectivity index is 1.34. The normalized spacial score (nSPS) is 25.8. The Kier molecular flexibility index (Phi) is 6.91. The molecule has 0 spiro atoms. The number of anilines is 2. The van der Waals surface area contributed by atoms with E-state index < -0.39 is 12.2 Å². The lowest BCUT2D eigenvalue weighted by atomic mass is 10.0. The van der Waals surface area contributed by atoms with E-state index in [9.17, 15) is 9.59 Å². The van der Waals surface area contributed by atoms with Crippen LogP contribution in [0.5, 0.6) is 0 Å². The quantitative estimate of drug-likeness (QED) is 0.614. The van der Waals surface area contributed by atoms with Gasteiger partial charge in [-0.3, -0.25) is 9.69 Å². The smallest absolute Gasteiger partial charge is 0.414 e. The summed E-state index contributed by atoms with van der Waals surface area (Å²) in [6, 6.07) is 4.97. The molecule has 3 aliphatic rings. The maximum Gasteiger partial charge on any atom is 0.414 e. The number of amides is 2. The third-order valence-corrected chi connectivity index (χ3v) is 7.23. The highest BCUT2D eigenvalue weighted by Gasteiger charge is 2.40. The number of cyclic esters (lactones) is 1. The number of hydrogen-bond donors (Lipinski definition) is 1. The lowest BCUT2D eigenvalue weighted by Gasteiger charge is -2.24. The fraction of sp³-hybridized carbons (Fsp3) is 0.636. The van der Waals surface area contributed by atoms with Gasteiger partial charge in [-0.05, 0) is 35.8 Å². The molecule has 2 amide bonds. The monoisotopic (exact) mass is 450 g/mol. The van der Waals surface area contributed by atoms with Crippen LogP contribution in [0.3, 0.4) is 0 Å². The summed E-state index contributed by atoms with van der Waals surface area (Å²) in [5.74, 6) is 3.03. The molecule has 0 aliphatic carbocycles. The van der Waals surface area contributed by atoms with Crippen LogP contribution in [-0.2, 0) is 9.53 Å². The van der Waals surface area contributed by atoms with Crippen molar-refractivity contribution in [3.63, 3.8) is 0 Å². The second-order valence-electron chi connectivity index (χ2n) is 8.57.